The molecular weight excluding hydrogens is 250 g/mol. The van der Waals surface area contributed by atoms with Crippen LogP contribution < -0.4 is 14.8 Å². The van der Waals surface area contributed by atoms with Crippen molar-refractivity contribution in [2.45, 2.75) is 20.0 Å². The molecule has 3 nitrogen and oxygen atoms in total. The molecule has 0 amide bonds. The fraction of sp³-hybridized carbons (Fsp3) is 0.294. The highest BCUT2D eigenvalue weighted by atomic mass is 16.5. The average molecular weight is 271 g/mol. The van der Waals surface area contributed by atoms with Gasteiger partial charge in [-0.25, -0.2) is 0 Å². The zero-order chi connectivity index (χ0) is 14.2. The Morgan fingerprint density at radius 1 is 0.900 bits per heavy atom. The van der Waals surface area contributed by atoms with Crippen LogP contribution >= 0.6 is 0 Å². The molecule has 0 aliphatic carbocycles. The van der Waals surface area contributed by atoms with Crippen molar-refractivity contribution in [3.05, 3.63) is 59.7 Å². The zero-order valence-electron chi connectivity index (χ0n) is 12.1. The number of hydrogen-bond donors (Lipinski definition) is 1. The van der Waals surface area contributed by atoms with Crippen LogP contribution in [0.3, 0.4) is 0 Å². The largest absolute Gasteiger partial charge is 0.497 e. The fourth-order valence-corrected chi connectivity index (χ4v) is 2.01. The van der Waals surface area contributed by atoms with Gasteiger partial charge in [0.2, 0.25) is 0 Å². The Morgan fingerprint density at radius 3 is 2.35 bits per heavy atom. The van der Waals surface area contributed by atoms with Crippen LogP contribution in [0.15, 0.2) is 48.5 Å². The average Bonchev–Trinajstić information content (AvgIpc) is 2.49. The quantitative estimate of drug-likeness (QED) is 0.837. The number of ether oxygens (including phenoxy) is 2. The van der Waals surface area contributed by atoms with E-state index in [4.69, 9.17) is 9.47 Å². The van der Waals surface area contributed by atoms with Crippen molar-refractivity contribution >= 4 is 0 Å². The molecule has 2 rings (SSSR count). The van der Waals surface area contributed by atoms with Gasteiger partial charge in [0.1, 0.15) is 11.5 Å². The van der Waals surface area contributed by atoms with Gasteiger partial charge >= 0.3 is 0 Å². The minimum Gasteiger partial charge on any atom is -0.497 e. The molecule has 0 aromatic heterocycles. The van der Waals surface area contributed by atoms with Crippen LogP contribution in [-0.4, -0.2) is 13.7 Å². The van der Waals surface area contributed by atoms with E-state index >= 15 is 0 Å². The molecule has 2 aromatic carbocycles. The molecule has 0 saturated carbocycles. The third kappa shape index (κ3) is 4.28. The van der Waals surface area contributed by atoms with Gasteiger partial charge < -0.3 is 14.8 Å². The van der Waals surface area contributed by atoms with Crippen molar-refractivity contribution in [3.63, 3.8) is 0 Å². The van der Waals surface area contributed by atoms with Gasteiger partial charge in [0, 0.05) is 13.1 Å². The SMILES string of the molecule is CCOc1cccc(CNCc2ccc(OC)cc2)c1. The third-order valence-corrected chi connectivity index (χ3v) is 3.03. The number of benzene rings is 2. The summed E-state index contributed by atoms with van der Waals surface area (Å²) in [6, 6.07) is 16.3. The van der Waals surface area contributed by atoms with Crippen LogP contribution in [0.1, 0.15) is 18.1 Å². The lowest BCUT2D eigenvalue weighted by Gasteiger charge is -2.08. The van der Waals surface area contributed by atoms with Crippen molar-refractivity contribution < 1.29 is 9.47 Å². The summed E-state index contributed by atoms with van der Waals surface area (Å²) in [6.45, 7) is 4.35. The Balaban J connectivity index is 1.84. The van der Waals surface area contributed by atoms with Crippen LogP contribution in [0.2, 0.25) is 0 Å². The summed E-state index contributed by atoms with van der Waals surface area (Å²) in [5.41, 5.74) is 2.47. The van der Waals surface area contributed by atoms with E-state index in [1.165, 1.54) is 11.1 Å². The molecule has 0 unspecified atom stereocenters. The van der Waals surface area contributed by atoms with Crippen LogP contribution in [0, 0.1) is 0 Å². The molecule has 0 heterocycles. The van der Waals surface area contributed by atoms with Crippen molar-refractivity contribution in [1.82, 2.24) is 5.32 Å². The van der Waals surface area contributed by atoms with E-state index in [1.807, 2.05) is 31.2 Å². The van der Waals surface area contributed by atoms with E-state index < -0.39 is 0 Å². The Labute approximate surface area is 120 Å². The highest BCUT2D eigenvalue weighted by molar-refractivity contribution is 5.29. The summed E-state index contributed by atoms with van der Waals surface area (Å²) in [5, 5.41) is 3.43. The van der Waals surface area contributed by atoms with Crippen molar-refractivity contribution in [2.75, 3.05) is 13.7 Å². The molecule has 0 fully saturated rings. The van der Waals surface area contributed by atoms with E-state index in [1.54, 1.807) is 7.11 Å². The lowest BCUT2D eigenvalue weighted by molar-refractivity contribution is 0.340. The Kier molecular flexibility index (Phi) is 5.44. The van der Waals surface area contributed by atoms with Gasteiger partial charge in [0.15, 0.2) is 0 Å². The summed E-state index contributed by atoms with van der Waals surface area (Å²) in [6.07, 6.45) is 0. The minimum absolute atomic E-state index is 0.697. The summed E-state index contributed by atoms with van der Waals surface area (Å²) in [7, 11) is 1.68. The lowest BCUT2D eigenvalue weighted by Crippen LogP contribution is -2.12. The predicted octanol–water partition coefficient (Wildman–Crippen LogP) is 3.38. The van der Waals surface area contributed by atoms with Gasteiger partial charge in [-0.3, -0.25) is 0 Å². The van der Waals surface area contributed by atoms with Crippen LogP contribution in [0.4, 0.5) is 0 Å². The molecule has 20 heavy (non-hydrogen) atoms. The smallest absolute Gasteiger partial charge is 0.119 e. The normalized spacial score (nSPS) is 10.3. The second-order valence-electron chi connectivity index (χ2n) is 4.53. The van der Waals surface area contributed by atoms with Gasteiger partial charge in [0.05, 0.1) is 13.7 Å². The van der Waals surface area contributed by atoms with Crippen molar-refractivity contribution in [1.29, 1.82) is 0 Å². The lowest BCUT2D eigenvalue weighted by atomic mass is 10.2. The molecule has 106 valence electrons. The van der Waals surface area contributed by atoms with Crippen molar-refractivity contribution in [2.24, 2.45) is 0 Å². The first-order valence-corrected chi connectivity index (χ1v) is 6.87. The zero-order valence-corrected chi connectivity index (χ0v) is 12.1. The molecule has 0 aliphatic heterocycles. The number of nitrogens with one attached hydrogen (secondary N) is 1. The van der Waals surface area contributed by atoms with Gasteiger partial charge in [-0.05, 0) is 42.3 Å². The Hall–Kier alpha value is -2.00. The van der Waals surface area contributed by atoms with Crippen LogP contribution in [-0.2, 0) is 13.1 Å². The second kappa shape index (κ2) is 7.56. The maximum absolute atomic E-state index is 5.49. The monoisotopic (exact) mass is 271 g/mol. The van der Waals surface area contributed by atoms with Crippen molar-refractivity contribution in [3.8, 4) is 11.5 Å². The maximum Gasteiger partial charge on any atom is 0.119 e. The first-order chi connectivity index (χ1) is 9.81. The standard InChI is InChI=1S/C17H21NO2/c1-3-20-17-6-4-5-15(11-17)13-18-12-14-7-9-16(19-2)10-8-14/h4-11,18H,3,12-13H2,1-2H3. The van der Waals surface area contributed by atoms with E-state index in [0.29, 0.717) is 6.61 Å². The summed E-state index contributed by atoms with van der Waals surface area (Å²) in [4.78, 5) is 0. The Bertz CT molecular complexity index is 523. The molecule has 3 heteroatoms. The first kappa shape index (κ1) is 14.4. The van der Waals surface area contributed by atoms with Gasteiger partial charge in [-0.15, -0.1) is 0 Å². The molecule has 2 aromatic rings. The van der Waals surface area contributed by atoms with Gasteiger partial charge in [-0.2, -0.15) is 0 Å². The molecular formula is C17H21NO2. The van der Waals surface area contributed by atoms with E-state index in [9.17, 15) is 0 Å². The van der Waals surface area contributed by atoms with E-state index in [-0.39, 0.29) is 0 Å². The summed E-state index contributed by atoms with van der Waals surface area (Å²) in [5.74, 6) is 1.81. The minimum atomic E-state index is 0.697. The maximum atomic E-state index is 5.49. The second-order valence-corrected chi connectivity index (χ2v) is 4.53. The molecule has 0 aliphatic rings. The topological polar surface area (TPSA) is 30.5 Å². The van der Waals surface area contributed by atoms with Gasteiger partial charge in [-0.1, -0.05) is 24.3 Å². The first-order valence-electron chi connectivity index (χ1n) is 6.87. The molecule has 0 saturated heterocycles. The third-order valence-electron chi connectivity index (χ3n) is 3.03. The predicted molar refractivity (Wildman–Crippen MR) is 81.1 cm³/mol. The number of hydrogen-bond acceptors (Lipinski definition) is 3. The molecule has 1 N–H and O–H groups in total. The highest BCUT2D eigenvalue weighted by Crippen LogP contribution is 2.14. The summed E-state index contributed by atoms with van der Waals surface area (Å²) < 4.78 is 10.6. The number of methoxy groups -OCH3 is 1. The molecule has 0 bridgehead atoms. The van der Waals surface area contributed by atoms with Crippen LogP contribution in [0.25, 0.3) is 0 Å². The van der Waals surface area contributed by atoms with E-state index in [0.717, 1.165) is 24.6 Å². The molecule has 0 spiro atoms. The van der Waals surface area contributed by atoms with Gasteiger partial charge in [0.25, 0.3) is 0 Å². The van der Waals surface area contributed by atoms with E-state index in [2.05, 4.69) is 29.6 Å². The highest BCUT2D eigenvalue weighted by Gasteiger charge is 1.98. The fourth-order valence-electron chi connectivity index (χ4n) is 2.01. The Morgan fingerprint density at radius 2 is 1.65 bits per heavy atom. The molecule has 0 atom stereocenters. The molecule has 0 radical (unpaired) electrons. The number of rotatable bonds is 7. The van der Waals surface area contributed by atoms with Crippen LogP contribution in [0.5, 0.6) is 11.5 Å². The summed E-state index contributed by atoms with van der Waals surface area (Å²) >= 11 is 0.